The number of amides is 1. The number of Topliss-reactive ketones (excluding diaryl/α,β-unsaturated/α-hetero) is 1. The monoisotopic (exact) mass is 405 g/mol. The fraction of sp³-hybridized carbons (Fsp3) is 0.524. The van der Waals surface area contributed by atoms with Crippen molar-refractivity contribution in [2.24, 2.45) is 0 Å². The van der Waals surface area contributed by atoms with Gasteiger partial charge in [-0.3, -0.25) is 19.3 Å². The highest BCUT2D eigenvalue weighted by molar-refractivity contribution is 6.05. The van der Waals surface area contributed by atoms with E-state index in [1.807, 2.05) is 6.92 Å². The van der Waals surface area contributed by atoms with Gasteiger partial charge in [0.15, 0.2) is 12.4 Å². The number of carbonyl (C=O) groups is 4. The zero-order chi connectivity index (χ0) is 21.4. The number of fused-ring (bicyclic) bond motifs is 1. The quantitative estimate of drug-likeness (QED) is 0.436. The van der Waals surface area contributed by atoms with Crippen molar-refractivity contribution in [2.75, 3.05) is 24.7 Å². The molecule has 0 spiro atoms. The van der Waals surface area contributed by atoms with Gasteiger partial charge in [0, 0.05) is 12.0 Å². The molecule has 1 amide bonds. The molecule has 1 aromatic carbocycles. The minimum absolute atomic E-state index is 0.0117. The van der Waals surface area contributed by atoms with E-state index in [0.717, 1.165) is 0 Å². The number of nitrogens with zero attached hydrogens (tertiary/aromatic N) is 1. The molecule has 158 valence electrons. The van der Waals surface area contributed by atoms with Crippen LogP contribution in [0.4, 0.5) is 5.69 Å². The summed E-state index contributed by atoms with van der Waals surface area (Å²) in [6, 6.07) is 3.89. The fourth-order valence-electron chi connectivity index (χ4n) is 3.03. The van der Waals surface area contributed by atoms with Gasteiger partial charge in [-0.05, 0) is 38.0 Å². The highest BCUT2D eigenvalue weighted by Crippen LogP contribution is 2.35. The topological polar surface area (TPSA) is 99.2 Å². The lowest BCUT2D eigenvalue weighted by Crippen LogP contribution is -2.50. The summed E-state index contributed by atoms with van der Waals surface area (Å²) in [5.74, 6) is -1.17. The maximum atomic E-state index is 12.6. The van der Waals surface area contributed by atoms with Crippen molar-refractivity contribution < 1.29 is 33.4 Å². The largest absolute Gasteiger partial charge is 0.482 e. The molecule has 0 bridgehead atoms. The van der Waals surface area contributed by atoms with Gasteiger partial charge in [0.05, 0.1) is 25.3 Å². The van der Waals surface area contributed by atoms with E-state index in [1.165, 1.54) is 11.0 Å². The maximum absolute atomic E-state index is 12.6. The Balaban J connectivity index is 2.27. The first kappa shape index (κ1) is 22.4. The zero-order valence-corrected chi connectivity index (χ0v) is 17.1. The third-order valence-corrected chi connectivity index (χ3v) is 4.44. The summed E-state index contributed by atoms with van der Waals surface area (Å²) in [5.41, 5.74) is 0.677. The molecule has 0 aliphatic carbocycles. The summed E-state index contributed by atoms with van der Waals surface area (Å²) >= 11 is 0. The van der Waals surface area contributed by atoms with Gasteiger partial charge >= 0.3 is 11.9 Å². The smallest absolute Gasteiger partial charge is 0.329 e. The van der Waals surface area contributed by atoms with Gasteiger partial charge in [0.1, 0.15) is 11.8 Å². The van der Waals surface area contributed by atoms with Crippen molar-refractivity contribution in [1.82, 2.24) is 0 Å². The predicted molar refractivity (Wildman–Crippen MR) is 105 cm³/mol. The number of hydrogen-bond donors (Lipinski definition) is 0. The molecule has 1 heterocycles. The van der Waals surface area contributed by atoms with E-state index < -0.39 is 18.0 Å². The molecule has 1 atom stereocenters. The average molecular weight is 405 g/mol. The zero-order valence-electron chi connectivity index (χ0n) is 17.1. The molecule has 1 aliphatic heterocycles. The molecule has 8 nitrogen and oxygen atoms in total. The van der Waals surface area contributed by atoms with Crippen LogP contribution in [0, 0.1) is 0 Å². The molecule has 8 heteroatoms. The van der Waals surface area contributed by atoms with Crippen molar-refractivity contribution in [3.63, 3.8) is 0 Å². The summed E-state index contributed by atoms with van der Waals surface area (Å²) in [6.07, 6.45) is 0.996. The molecule has 0 fully saturated rings. The molecule has 0 N–H and O–H groups in total. The van der Waals surface area contributed by atoms with E-state index in [9.17, 15) is 19.2 Å². The lowest BCUT2D eigenvalue weighted by atomic mass is 10.0. The van der Waals surface area contributed by atoms with Crippen LogP contribution in [0.5, 0.6) is 5.75 Å². The molecular formula is C21H27NO7. The van der Waals surface area contributed by atoms with Crippen LogP contribution in [0.15, 0.2) is 18.2 Å². The summed E-state index contributed by atoms with van der Waals surface area (Å²) in [6.45, 7) is 5.71. The molecule has 2 rings (SSSR count). The van der Waals surface area contributed by atoms with Gasteiger partial charge in [-0.15, -0.1) is 0 Å². The number of carbonyl (C=O) groups excluding carboxylic acids is 4. The highest BCUT2D eigenvalue weighted by Gasteiger charge is 2.36. The molecule has 29 heavy (non-hydrogen) atoms. The van der Waals surface area contributed by atoms with Gasteiger partial charge in [0.2, 0.25) is 0 Å². The number of hydrogen-bond acceptors (Lipinski definition) is 7. The number of benzene rings is 1. The Labute approximate surface area is 170 Å². The summed E-state index contributed by atoms with van der Waals surface area (Å²) in [4.78, 5) is 50.4. The number of esters is 2. The van der Waals surface area contributed by atoms with E-state index in [-0.39, 0.29) is 44.4 Å². The molecule has 0 radical (unpaired) electrons. The number of anilines is 1. The van der Waals surface area contributed by atoms with E-state index in [2.05, 4.69) is 0 Å². The van der Waals surface area contributed by atoms with Gasteiger partial charge in [-0.2, -0.15) is 0 Å². The van der Waals surface area contributed by atoms with Crippen LogP contribution in [0.1, 0.15) is 56.8 Å². The van der Waals surface area contributed by atoms with Crippen molar-refractivity contribution in [3.05, 3.63) is 23.8 Å². The van der Waals surface area contributed by atoms with Crippen LogP contribution in [0.3, 0.4) is 0 Å². The molecule has 0 saturated carbocycles. The predicted octanol–water partition coefficient (Wildman–Crippen LogP) is 2.67. The van der Waals surface area contributed by atoms with Gasteiger partial charge in [0.25, 0.3) is 5.91 Å². The van der Waals surface area contributed by atoms with Crippen LogP contribution in [0.25, 0.3) is 0 Å². The third kappa shape index (κ3) is 5.56. The minimum atomic E-state index is -0.804. The summed E-state index contributed by atoms with van der Waals surface area (Å²) in [5, 5.41) is 0. The Morgan fingerprint density at radius 2 is 1.90 bits per heavy atom. The Hall–Kier alpha value is -2.90. The third-order valence-electron chi connectivity index (χ3n) is 4.44. The number of ether oxygens (including phenoxy) is 3. The number of ketones is 1. The standard InChI is InChI=1S/C21H27NO7/c1-4-11-28-21(26)15(5-2)22-16-12-14(7-9-18(16)29-13-19(22)24)17(23)8-10-20(25)27-6-3/h7,9,12,15H,4-6,8,10-11,13H2,1-3H3. The Bertz CT molecular complexity index is 774. The number of rotatable bonds is 10. The molecule has 1 unspecified atom stereocenters. The SMILES string of the molecule is CCCOC(=O)C(CC)N1C(=O)COc2ccc(C(=O)CCC(=O)OCC)cc21. The highest BCUT2D eigenvalue weighted by atomic mass is 16.5. The Morgan fingerprint density at radius 3 is 2.55 bits per heavy atom. The fourth-order valence-corrected chi connectivity index (χ4v) is 3.03. The lowest BCUT2D eigenvalue weighted by molar-refractivity contribution is -0.147. The molecule has 0 saturated heterocycles. The second-order valence-electron chi connectivity index (χ2n) is 6.55. The second kappa shape index (κ2) is 10.6. The summed E-state index contributed by atoms with van der Waals surface area (Å²) < 4.78 is 15.5. The van der Waals surface area contributed by atoms with Crippen LogP contribution in [-0.2, 0) is 23.9 Å². The van der Waals surface area contributed by atoms with Crippen LogP contribution in [-0.4, -0.2) is 49.5 Å². The van der Waals surface area contributed by atoms with Crippen molar-refractivity contribution in [2.45, 2.75) is 52.5 Å². The normalized spacial score (nSPS) is 13.9. The van der Waals surface area contributed by atoms with Gasteiger partial charge in [-0.1, -0.05) is 13.8 Å². The average Bonchev–Trinajstić information content (AvgIpc) is 2.72. The Kier molecular flexibility index (Phi) is 8.18. The van der Waals surface area contributed by atoms with Crippen molar-refractivity contribution in [1.29, 1.82) is 0 Å². The van der Waals surface area contributed by atoms with E-state index in [4.69, 9.17) is 14.2 Å². The first-order valence-corrected chi connectivity index (χ1v) is 9.87. The minimum Gasteiger partial charge on any atom is -0.482 e. The van der Waals surface area contributed by atoms with Gasteiger partial charge < -0.3 is 14.2 Å². The van der Waals surface area contributed by atoms with E-state index in [1.54, 1.807) is 26.0 Å². The molecule has 1 aromatic rings. The first-order chi connectivity index (χ1) is 13.9. The molecular weight excluding hydrogens is 378 g/mol. The van der Waals surface area contributed by atoms with Crippen molar-refractivity contribution in [3.8, 4) is 5.75 Å². The lowest BCUT2D eigenvalue weighted by Gasteiger charge is -2.34. The molecule has 0 aromatic heterocycles. The van der Waals surface area contributed by atoms with E-state index in [0.29, 0.717) is 29.8 Å². The van der Waals surface area contributed by atoms with Crippen molar-refractivity contribution >= 4 is 29.3 Å². The maximum Gasteiger partial charge on any atom is 0.329 e. The molecule has 1 aliphatic rings. The van der Waals surface area contributed by atoms with Crippen LogP contribution >= 0.6 is 0 Å². The van der Waals surface area contributed by atoms with Gasteiger partial charge in [-0.25, -0.2) is 4.79 Å². The van der Waals surface area contributed by atoms with Crippen LogP contribution in [0.2, 0.25) is 0 Å². The summed E-state index contributed by atoms with van der Waals surface area (Å²) in [7, 11) is 0. The van der Waals surface area contributed by atoms with Crippen LogP contribution < -0.4 is 9.64 Å². The Morgan fingerprint density at radius 1 is 1.14 bits per heavy atom. The second-order valence-corrected chi connectivity index (χ2v) is 6.55. The van der Waals surface area contributed by atoms with E-state index >= 15 is 0 Å². The first-order valence-electron chi connectivity index (χ1n) is 9.87.